The molecule has 1 aromatic heterocycles. The van der Waals surface area contributed by atoms with Crippen LogP contribution in [0.3, 0.4) is 0 Å². The average molecular weight is 243 g/mol. The van der Waals surface area contributed by atoms with E-state index in [2.05, 4.69) is 44.0 Å². The van der Waals surface area contributed by atoms with Crippen LogP contribution in [0.2, 0.25) is 0 Å². The zero-order valence-electron chi connectivity index (χ0n) is 11.9. The molecule has 0 radical (unpaired) electrons. The summed E-state index contributed by atoms with van der Waals surface area (Å²) >= 11 is 0. The first-order chi connectivity index (χ1) is 8.56. The normalized spacial score (nSPS) is 11.2. The molecule has 0 spiro atoms. The van der Waals surface area contributed by atoms with Gasteiger partial charge in [0.05, 0.1) is 7.11 Å². The minimum atomic E-state index is 0.492. The van der Waals surface area contributed by atoms with Gasteiger partial charge >= 0.3 is 0 Å². The van der Waals surface area contributed by atoms with Gasteiger partial charge in [-0.1, -0.05) is 20.8 Å². The molecule has 0 bridgehead atoms. The van der Waals surface area contributed by atoms with Gasteiger partial charge in [-0.25, -0.2) is 4.98 Å². The summed E-state index contributed by atoms with van der Waals surface area (Å²) in [6.07, 6.45) is 1.01. The minimum Gasteiger partial charge on any atom is -0.494 e. The van der Waals surface area contributed by atoms with Crippen molar-refractivity contribution in [3.8, 4) is 5.75 Å². The molecule has 2 aromatic rings. The molecule has 2 heteroatoms. The molecule has 0 aliphatic rings. The molecule has 0 saturated heterocycles. The highest BCUT2D eigenvalue weighted by Gasteiger charge is 2.12. The summed E-state index contributed by atoms with van der Waals surface area (Å²) in [4.78, 5) is 4.64. The van der Waals surface area contributed by atoms with Gasteiger partial charge in [0, 0.05) is 11.1 Å². The second kappa shape index (κ2) is 4.97. The highest BCUT2D eigenvalue weighted by Crippen LogP contribution is 2.32. The summed E-state index contributed by atoms with van der Waals surface area (Å²) in [5.41, 5.74) is 4.69. The van der Waals surface area contributed by atoms with E-state index in [0.717, 1.165) is 23.4 Å². The Morgan fingerprint density at radius 1 is 1.22 bits per heavy atom. The lowest BCUT2D eigenvalue weighted by molar-refractivity contribution is 0.418. The summed E-state index contributed by atoms with van der Waals surface area (Å²) in [7, 11) is 1.72. The zero-order valence-corrected chi connectivity index (χ0v) is 11.9. The van der Waals surface area contributed by atoms with E-state index in [0.29, 0.717) is 5.92 Å². The predicted octanol–water partition coefficient (Wildman–Crippen LogP) is 4.24. The SMILES string of the molecule is CCc1cc(OC)c2nc(C)cc(C(C)C)c2c1. The van der Waals surface area contributed by atoms with E-state index in [1.165, 1.54) is 16.5 Å². The van der Waals surface area contributed by atoms with E-state index in [1.54, 1.807) is 7.11 Å². The van der Waals surface area contributed by atoms with Crippen molar-refractivity contribution in [2.24, 2.45) is 0 Å². The molecule has 2 rings (SSSR count). The quantitative estimate of drug-likeness (QED) is 0.804. The smallest absolute Gasteiger partial charge is 0.145 e. The molecular weight excluding hydrogens is 222 g/mol. The lowest BCUT2D eigenvalue weighted by Gasteiger charge is -2.14. The molecule has 0 aliphatic heterocycles. The van der Waals surface area contributed by atoms with Gasteiger partial charge in [-0.2, -0.15) is 0 Å². The second-order valence-electron chi connectivity index (χ2n) is 5.06. The average Bonchev–Trinajstić information content (AvgIpc) is 2.36. The van der Waals surface area contributed by atoms with Crippen molar-refractivity contribution in [1.82, 2.24) is 4.98 Å². The number of rotatable bonds is 3. The number of aryl methyl sites for hydroxylation is 2. The van der Waals surface area contributed by atoms with Crippen LogP contribution in [0.25, 0.3) is 10.9 Å². The third-order valence-electron chi connectivity index (χ3n) is 3.35. The van der Waals surface area contributed by atoms with Crippen LogP contribution in [0.4, 0.5) is 0 Å². The third-order valence-corrected chi connectivity index (χ3v) is 3.35. The highest BCUT2D eigenvalue weighted by atomic mass is 16.5. The summed E-state index contributed by atoms with van der Waals surface area (Å²) < 4.78 is 5.50. The second-order valence-corrected chi connectivity index (χ2v) is 5.06. The first-order valence-corrected chi connectivity index (χ1v) is 6.55. The standard InChI is InChI=1S/C16H21NO/c1-6-12-8-14-13(10(2)3)7-11(4)17-16(14)15(9-12)18-5/h7-10H,6H2,1-5H3. The molecule has 18 heavy (non-hydrogen) atoms. The van der Waals surface area contributed by atoms with Crippen LogP contribution in [-0.4, -0.2) is 12.1 Å². The number of hydrogen-bond donors (Lipinski definition) is 0. The monoisotopic (exact) mass is 243 g/mol. The van der Waals surface area contributed by atoms with Crippen LogP contribution in [-0.2, 0) is 6.42 Å². The predicted molar refractivity (Wildman–Crippen MR) is 76.5 cm³/mol. The molecular formula is C16H21NO. The first kappa shape index (κ1) is 12.9. The molecule has 1 heterocycles. The van der Waals surface area contributed by atoms with Gasteiger partial charge < -0.3 is 4.74 Å². The van der Waals surface area contributed by atoms with E-state index in [4.69, 9.17) is 4.74 Å². The van der Waals surface area contributed by atoms with Crippen molar-refractivity contribution in [2.45, 2.75) is 40.0 Å². The van der Waals surface area contributed by atoms with Crippen molar-refractivity contribution >= 4 is 10.9 Å². The van der Waals surface area contributed by atoms with Crippen LogP contribution < -0.4 is 4.74 Å². The van der Waals surface area contributed by atoms with Gasteiger partial charge in [-0.3, -0.25) is 0 Å². The maximum atomic E-state index is 5.50. The number of ether oxygens (including phenoxy) is 1. The Hall–Kier alpha value is -1.57. The van der Waals surface area contributed by atoms with Crippen LogP contribution in [0, 0.1) is 6.92 Å². The summed E-state index contributed by atoms with van der Waals surface area (Å²) in [5.74, 6) is 1.38. The molecule has 2 nitrogen and oxygen atoms in total. The molecule has 0 N–H and O–H groups in total. The van der Waals surface area contributed by atoms with E-state index < -0.39 is 0 Å². The molecule has 96 valence electrons. The summed E-state index contributed by atoms with van der Waals surface area (Å²) in [6.45, 7) is 8.65. The number of benzene rings is 1. The molecule has 0 unspecified atom stereocenters. The Balaban J connectivity index is 2.85. The maximum absolute atomic E-state index is 5.50. The number of nitrogens with zero attached hydrogens (tertiary/aromatic N) is 1. The number of hydrogen-bond acceptors (Lipinski definition) is 2. The zero-order chi connectivity index (χ0) is 13.3. The number of methoxy groups -OCH3 is 1. The number of fused-ring (bicyclic) bond motifs is 1. The topological polar surface area (TPSA) is 22.1 Å². The molecule has 0 amide bonds. The number of pyridine rings is 1. The Morgan fingerprint density at radius 2 is 1.94 bits per heavy atom. The third kappa shape index (κ3) is 2.20. The molecule has 0 fully saturated rings. The largest absolute Gasteiger partial charge is 0.494 e. The van der Waals surface area contributed by atoms with Gasteiger partial charge in [-0.15, -0.1) is 0 Å². The summed E-state index contributed by atoms with van der Waals surface area (Å²) in [5, 5.41) is 1.23. The van der Waals surface area contributed by atoms with E-state index in [9.17, 15) is 0 Å². The molecule has 0 atom stereocenters. The molecule has 0 aliphatic carbocycles. The van der Waals surface area contributed by atoms with Crippen LogP contribution in [0.5, 0.6) is 5.75 Å². The van der Waals surface area contributed by atoms with E-state index in [1.807, 2.05) is 6.92 Å². The summed E-state index contributed by atoms with van der Waals surface area (Å²) in [6, 6.07) is 6.53. The highest BCUT2D eigenvalue weighted by molar-refractivity contribution is 5.89. The van der Waals surface area contributed by atoms with Gasteiger partial charge in [0.2, 0.25) is 0 Å². The van der Waals surface area contributed by atoms with E-state index in [-0.39, 0.29) is 0 Å². The fourth-order valence-electron chi connectivity index (χ4n) is 2.35. The maximum Gasteiger partial charge on any atom is 0.145 e. The van der Waals surface area contributed by atoms with Crippen molar-refractivity contribution < 1.29 is 4.74 Å². The van der Waals surface area contributed by atoms with Crippen LogP contribution in [0.1, 0.15) is 43.5 Å². The minimum absolute atomic E-state index is 0.492. The fraction of sp³-hybridized carbons (Fsp3) is 0.438. The lowest BCUT2D eigenvalue weighted by Crippen LogP contribution is -1.98. The lowest BCUT2D eigenvalue weighted by atomic mass is 9.96. The Kier molecular flexibility index (Phi) is 3.55. The fourth-order valence-corrected chi connectivity index (χ4v) is 2.35. The van der Waals surface area contributed by atoms with Crippen molar-refractivity contribution in [1.29, 1.82) is 0 Å². The molecule has 1 aromatic carbocycles. The molecule has 0 saturated carbocycles. The van der Waals surface area contributed by atoms with Gasteiger partial charge in [0.25, 0.3) is 0 Å². The Labute approximate surface area is 109 Å². The first-order valence-electron chi connectivity index (χ1n) is 6.55. The van der Waals surface area contributed by atoms with Gasteiger partial charge in [0.15, 0.2) is 0 Å². The van der Waals surface area contributed by atoms with Crippen molar-refractivity contribution in [2.75, 3.05) is 7.11 Å². The number of aromatic nitrogens is 1. The van der Waals surface area contributed by atoms with Crippen LogP contribution >= 0.6 is 0 Å². The Morgan fingerprint density at radius 3 is 2.50 bits per heavy atom. The van der Waals surface area contributed by atoms with E-state index >= 15 is 0 Å². The van der Waals surface area contributed by atoms with Crippen LogP contribution in [0.15, 0.2) is 18.2 Å². The van der Waals surface area contributed by atoms with Gasteiger partial charge in [0.1, 0.15) is 11.3 Å². The van der Waals surface area contributed by atoms with Gasteiger partial charge in [-0.05, 0) is 48.6 Å². The Bertz CT molecular complexity index is 573. The van der Waals surface area contributed by atoms with Crippen molar-refractivity contribution in [3.63, 3.8) is 0 Å². The van der Waals surface area contributed by atoms with Crippen molar-refractivity contribution in [3.05, 3.63) is 35.0 Å².